The lowest BCUT2D eigenvalue weighted by Gasteiger charge is -2.11. The molecule has 0 spiro atoms. The van der Waals surface area contributed by atoms with E-state index >= 15 is 0 Å². The molecule has 1 N–H and O–H groups in total. The molecule has 1 unspecified atom stereocenters. The Bertz CT molecular complexity index is 96.5. The van der Waals surface area contributed by atoms with E-state index in [9.17, 15) is 0 Å². The van der Waals surface area contributed by atoms with Crippen molar-refractivity contribution in [3.05, 3.63) is 0 Å². The Balaban J connectivity index is 3.00. The number of alkyl halides is 1. The zero-order valence-electron chi connectivity index (χ0n) is 8.44. The van der Waals surface area contributed by atoms with Crippen LogP contribution in [-0.4, -0.2) is 43.5 Å². The molecule has 12 heavy (non-hydrogen) atoms. The summed E-state index contributed by atoms with van der Waals surface area (Å²) in [5.74, 6) is 0. The van der Waals surface area contributed by atoms with Gasteiger partial charge in [0.2, 0.25) is 0 Å². The molecule has 0 heterocycles. The second kappa shape index (κ2) is 8.02. The molecule has 0 amide bonds. The fourth-order valence-corrected chi connectivity index (χ4v) is 1.12. The maximum absolute atomic E-state index is 3.61. The van der Waals surface area contributed by atoms with Gasteiger partial charge in [-0.3, -0.25) is 0 Å². The van der Waals surface area contributed by atoms with Gasteiger partial charge in [-0.1, -0.05) is 22.9 Å². The predicted octanol–water partition coefficient (Wildman–Crippen LogP) is 1.70. The topological polar surface area (TPSA) is 15.3 Å². The molecular weight excluding hydrogens is 216 g/mol. The average Bonchev–Trinajstić information content (AvgIpc) is 2.03. The summed E-state index contributed by atoms with van der Waals surface area (Å²) in [6, 6.07) is 0. The molecule has 0 rings (SSSR count). The lowest BCUT2D eigenvalue weighted by molar-refractivity contribution is 0.399. The molecule has 0 saturated heterocycles. The summed E-state index contributed by atoms with van der Waals surface area (Å²) in [7, 11) is 4.20. The molecule has 0 fully saturated rings. The highest BCUT2D eigenvalue weighted by molar-refractivity contribution is 9.09. The van der Waals surface area contributed by atoms with Crippen LogP contribution in [0, 0.1) is 0 Å². The molecule has 0 aliphatic carbocycles. The van der Waals surface area contributed by atoms with E-state index in [2.05, 4.69) is 47.2 Å². The number of hydrogen-bond acceptors (Lipinski definition) is 2. The lowest BCUT2D eigenvalue weighted by atomic mass is 10.2. The highest BCUT2D eigenvalue weighted by Gasteiger charge is 1.98. The molecule has 0 radical (unpaired) electrons. The van der Waals surface area contributed by atoms with Gasteiger partial charge < -0.3 is 10.2 Å². The van der Waals surface area contributed by atoms with Crippen LogP contribution in [0.5, 0.6) is 0 Å². The van der Waals surface area contributed by atoms with E-state index in [0.717, 1.165) is 19.6 Å². The maximum Gasteiger partial charge on any atom is 0.0155 e. The summed E-state index contributed by atoms with van der Waals surface area (Å²) < 4.78 is 0. The molecule has 0 aromatic heterocycles. The highest BCUT2D eigenvalue weighted by atomic mass is 79.9. The Morgan fingerprint density at radius 2 is 2.00 bits per heavy atom. The third kappa shape index (κ3) is 8.50. The number of nitrogens with zero attached hydrogens (tertiary/aromatic N) is 1. The van der Waals surface area contributed by atoms with Crippen LogP contribution in [0.1, 0.15) is 19.8 Å². The first-order valence-corrected chi connectivity index (χ1v) is 5.58. The van der Waals surface area contributed by atoms with Gasteiger partial charge in [-0.05, 0) is 33.5 Å². The standard InChI is InChI=1S/C9H21BrN2/c1-4-9(10)5-6-11-7-8-12(2)3/h9,11H,4-8H2,1-3H3. The molecule has 0 aromatic carbocycles. The van der Waals surface area contributed by atoms with Gasteiger partial charge in [-0.2, -0.15) is 0 Å². The van der Waals surface area contributed by atoms with E-state index in [1.165, 1.54) is 12.8 Å². The summed E-state index contributed by atoms with van der Waals surface area (Å²) >= 11 is 3.61. The zero-order valence-corrected chi connectivity index (χ0v) is 10.0. The molecule has 0 bridgehead atoms. The lowest BCUT2D eigenvalue weighted by Crippen LogP contribution is -2.28. The van der Waals surface area contributed by atoms with Gasteiger partial charge in [0.25, 0.3) is 0 Å². The quantitative estimate of drug-likeness (QED) is 0.535. The van der Waals surface area contributed by atoms with Crippen LogP contribution < -0.4 is 5.32 Å². The number of nitrogens with one attached hydrogen (secondary N) is 1. The van der Waals surface area contributed by atoms with Crippen LogP contribution in [0.2, 0.25) is 0 Å². The van der Waals surface area contributed by atoms with Crippen LogP contribution >= 0.6 is 15.9 Å². The summed E-state index contributed by atoms with van der Waals surface area (Å²) in [4.78, 5) is 2.88. The average molecular weight is 237 g/mol. The molecule has 0 saturated carbocycles. The van der Waals surface area contributed by atoms with E-state index in [4.69, 9.17) is 0 Å². The molecule has 0 aromatic rings. The van der Waals surface area contributed by atoms with Gasteiger partial charge in [0.1, 0.15) is 0 Å². The molecule has 0 aliphatic heterocycles. The Labute approximate surface area is 84.8 Å². The van der Waals surface area contributed by atoms with E-state index < -0.39 is 0 Å². The van der Waals surface area contributed by atoms with Crippen molar-refractivity contribution in [2.24, 2.45) is 0 Å². The molecule has 2 nitrogen and oxygen atoms in total. The second-order valence-corrected chi connectivity index (χ2v) is 4.64. The third-order valence-corrected chi connectivity index (χ3v) is 2.92. The molecule has 74 valence electrons. The van der Waals surface area contributed by atoms with Crippen LogP contribution in [0.15, 0.2) is 0 Å². The Morgan fingerprint density at radius 3 is 2.50 bits per heavy atom. The summed E-state index contributed by atoms with van der Waals surface area (Å²) in [5, 5.41) is 3.41. The van der Waals surface area contributed by atoms with Gasteiger partial charge in [-0.25, -0.2) is 0 Å². The van der Waals surface area contributed by atoms with Crippen molar-refractivity contribution in [3.63, 3.8) is 0 Å². The van der Waals surface area contributed by atoms with Gasteiger partial charge in [0, 0.05) is 17.9 Å². The van der Waals surface area contributed by atoms with E-state index in [1.807, 2.05) is 0 Å². The minimum Gasteiger partial charge on any atom is -0.315 e. The predicted molar refractivity (Wildman–Crippen MR) is 59.0 cm³/mol. The van der Waals surface area contributed by atoms with Crippen LogP contribution in [0.25, 0.3) is 0 Å². The molecule has 1 atom stereocenters. The first-order chi connectivity index (χ1) is 5.66. The minimum atomic E-state index is 0.685. The van der Waals surface area contributed by atoms with Crippen LogP contribution in [-0.2, 0) is 0 Å². The molecule has 0 aliphatic rings. The van der Waals surface area contributed by atoms with Gasteiger partial charge in [0.05, 0.1) is 0 Å². The first kappa shape index (κ1) is 12.4. The Morgan fingerprint density at radius 1 is 1.33 bits per heavy atom. The van der Waals surface area contributed by atoms with E-state index in [0.29, 0.717) is 4.83 Å². The fraction of sp³-hybridized carbons (Fsp3) is 1.00. The number of halogens is 1. The van der Waals surface area contributed by atoms with Crippen molar-refractivity contribution in [1.82, 2.24) is 10.2 Å². The summed E-state index contributed by atoms with van der Waals surface area (Å²) in [6.07, 6.45) is 2.44. The van der Waals surface area contributed by atoms with Crippen LogP contribution in [0.4, 0.5) is 0 Å². The van der Waals surface area contributed by atoms with Crippen molar-refractivity contribution in [2.45, 2.75) is 24.6 Å². The number of hydrogen-bond donors (Lipinski definition) is 1. The monoisotopic (exact) mass is 236 g/mol. The van der Waals surface area contributed by atoms with Crippen molar-refractivity contribution < 1.29 is 0 Å². The SMILES string of the molecule is CCC(Br)CCNCCN(C)C. The van der Waals surface area contributed by atoms with E-state index in [-0.39, 0.29) is 0 Å². The smallest absolute Gasteiger partial charge is 0.0155 e. The fourth-order valence-electron chi connectivity index (χ4n) is 0.890. The third-order valence-electron chi connectivity index (χ3n) is 1.81. The highest BCUT2D eigenvalue weighted by Crippen LogP contribution is 2.07. The largest absolute Gasteiger partial charge is 0.315 e. The molecule has 3 heteroatoms. The van der Waals surface area contributed by atoms with Crippen molar-refractivity contribution in [1.29, 1.82) is 0 Å². The zero-order chi connectivity index (χ0) is 9.40. The van der Waals surface area contributed by atoms with Gasteiger partial charge in [-0.15, -0.1) is 0 Å². The Kier molecular flexibility index (Phi) is 8.29. The van der Waals surface area contributed by atoms with E-state index in [1.54, 1.807) is 0 Å². The summed E-state index contributed by atoms with van der Waals surface area (Å²) in [5.41, 5.74) is 0. The van der Waals surface area contributed by atoms with Crippen molar-refractivity contribution in [3.8, 4) is 0 Å². The minimum absolute atomic E-state index is 0.685. The normalized spacial score (nSPS) is 13.8. The number of likely N-dealkylation sites (N-methyl/N-ethyl adjacent to an activating group) is 1. The molecular formula is C9H21BrN2. The number of rotatable bonds is 7. The van der Waals surface area contributed by atoms with Crippen LogP contribution in [0.3, 0.4) is 0 Å². The maximum atomic E-state index is 3.61. The summed E-state index contributed by atoms with van der Waals surface area (Å²) in [6.45, 7) is 5.55. The van der Waals surface area contributed by atoms with Crippen molar-refractivity contribution in [2.75, 3.05) is 33.7 Å². The van der Waals surface area contributed by atoms with Gasteiger partial charge in [0.15, 0.2) is 0 Å². The first-order valence-electron chi connectivity index (χ1n) is 4.66. The van der Waals surface area contributed by atoms with Crippen molar-refractivity contribution >= 4 is 15.9 Å². The van der Waals surface area contributed by atoms with Gasteiger partial charge >= 0.3 is 0 Å². The second-order valence-electron chi connectivity index (χ2n) is 3.35. The Hall–Kier alpha value is 0.400.